The van der Waals surface area contributed by atoms with Gasteiger partial charge in [-0.25, -0.2) is 0 Å². The van der Waals surface area contributed by atoms with Crippen LogP contribution in [-0.2, 0) is 16.0 Å². The van der Waals surface area contributed by atoms with Gasteiger partial charge in [-0.1, -0.05) is 12.1 Å². The number of hydrogen-bond donors (Lipinski definition) is 2. The van der Waals surface area contributed by atoms with Gasteiger partial charge in [0.25, 0.3) is 0 Å². The van der Waals surface area contributed by atoms with Crippen LogP contribution >= 0.6 is 0 Å². The summed E-state index contributed by atoms with van der Waals surface area (Å²) >= 11 is 0. The molecule has 1 aromatic carbocycles. The van der Waals surface area contributed by atoms with Crippen LogP contribution in [0.2, 0.25) is 0 Å². The van der Waals surface area contributed by atoms with E-state index in [2.05, 4.69) is 0 Å². The zero-order valence-corrected chi connectivity index (χ0v) is 7.56. The molecule has 0 heterocycles. The Morgan fingerprint density at radius 2 is 1.79 bits per heavy atom. The van der Waals surface area contributed by atoms with Crippen molar-refractivity contribution in [3.63, 3.8) is 0 Å². The molecule has 1 rings (SSSR count). The number of carboxylic acids is 1. The summed E-state index contributed by atoms with van der Waals surface area (Å²) in [6.07, 6.45) is -0.281. The third-order valence-electron chi connectivity index (χ3n) is 1.73. The number of ketones is 1. The molecule has 1 aromatic rings. The molecule has 74 valence electrons. The molecule has 3 N–H and O–H groups in total. The van der Waals surface area contributed by atoms with Gasteiger partial charge >= 0.3 is 5.97 Å². The highest BCUT2D eigenvalue weighted by atomic mass is 16.4. The van der Waals surface area contributed by atoms with Crippen molar-refractivity contribution in [2.45, 2.75) is 12.8 Å². The molecule has 0 radical (unpaired) electrons. The van der Waals surface area contributed by atoms with Crippen molar-refractivity contribution >= 4 is 17.4 Å². The van der Waals surface area contributed by atoms with E-state index in [4.69, 9.17) is 10.8 Å². The second-order valence-corrected chi connectivity index (χ2v) is 3.03. The third kappa shape index (κ3) is 3.26. The standard InChI is InChI=1S/C10H11NO3/c11-8-3-1-7(2-4-8)5-9(12)6-10(13)14/h1-4H,5-6,11H2,(H,13,14). The fourth-order valence-electron chi connectivity index (χ4n) is 1.09. The van der Waals surface area contributed by atoms with Gasteiger partial charge in [0.2, 0.25) is 0 Å². The number of nitrogens with two attached hydrogens (primary N) is 1. The molecule has 0 bridgehead atoms. The summed E-state index contributed by atoms with van der Waals surface area (Å²) in [5.41, 5.74) is 6.87. The Labute approximate surface area is 81.3 Å². The predicted molar refractivity (Wildman–Crippen MR) is 51.8 cm³/mol. The number of anilines is 1. The topological polar surface area (TPSA) is 80.4 Å². The molecule has 0 aliphatic rings. The Bertz CT molecular complexity index is 343. The molecule has 4 nitrogen and oxygen atoms in total. The maximum absolute atomic E-state index is 11.1. The molecule has 0 atom stereocenters. The molecular formula is C10H11NO3. The Balaban J connectivity index is 2.56. The number of aliphatic carboxylic acids is 1. The molecule has 0 saturated carbocycles. The normalized spacial score (nSPS) is 9.71. The van der Waals surface area contributed by atoms with Crippen molar-refractivity contribution in [1.82, 2.24) is 0 Å². The summed E-state index contributed by atoms with van der Waals surface area (Å²) in [4.78, 5) is 21.3. The molecule has 14 heavy (non-hydrogen) atoms. The Kier molecular flexibility index (Phi) is 3.23. The second kappa shape index (κ2) is 4.41. The van der Waals surface area contributed by atoms with Crippen molar-refractivity contribution < 1.29 is 14.7 Å². The fourth-order valence-corrected chi connectivity index (χ4v) is 1.09. The van der Waals surface area contributed by atoms with E-state index in [-0.39, 0.29) is 12.2 Å². The lowest BCUT2D eigenvalue weighted by molar-refractivity contribution is -0.140. The third-order valence-corrected chi connectivity index (χ3v) is 1.73. The van der Waals surface area contributed by atoms with Crippen LogP contribution in [0.4, 0.5) is 5.69 Å². The number of carbonyl (C=O) groups is 2. The van der Waals surface area contributed by atoms with E-state index >= 15 is 0 Å². The second-order valence-electron chi connectivity index (χ2n) is 3.03. The quantitative estimate of drug-likeness (QED) is 0.548. The van der Waals surface area contributed by atoms with Crippen molar-refractivity contribution in [3.8, 4) is 0 Å². The van der Waals surface area contributed by atoms with Crippen molar-refractivity contribution in [2.75, 3.05) is 5.73 Å². The summed E-state index contributed by atoms with van der Waals surface area (Å²) < 4.78 is 0. The van der Waals surface area contributed by atoms with E-state index in [9.17, 15) is 9.59 Å². The SMILES string of the molecule is Nc1ccc(CC(=O)CC(=O)O)cc1. The first-order chi connectivity index (χ1) is 6.58. The summed E-state index contributed by atoms with van der Waals surface area (Å²) in [6.45, 7) is 0. The van der Waals surface area contributed by atoms with Crippen molar-refractivity contribution in [3.05, 3.63) is 29.8 Å². The zero-order chi connectivity index (χ0) is 10.6. The summed E-state index contributed by atoms with van der Waals surface area (Å²) in [7, 11) is 0. The monoisotopic (exact) mass is 193 g/mol. The van der Waals surface area contributed by atoms with Crippen LogP contribution in [0, 0.1) is 0 Å². The lowest BCUT2D eigenvalue weighted by Crippen LogP contribution is -2.09. The first-order valence-corrected chi connectivity index (χ1v) is 4.16. The van der Waals surface area contributed by atoms with Gasteiger partial charge in [-0.15, -0.1) is 0 Å². The minimum atomic E-state index is -1.09. The number of carboxylic acid groups (broad SMARTS) is 1. The summed E-state index contributed by atoms with van der Waals surface area (Å²) in [5.74, 6) is -1.40. The Hall–Kier alpha value is -1.84. The van der Waals surface area contributed by atoms with Gasteiger partial charge in [0, 0.05) is 12.1 Å². The van der Waals surface area contributed by atoms with Crippen LogP contribution in [0.15, 0.2) is 24.3 Å². The van der Waals surface area contributed by atoms with Crippen molar-refractivity contribution in [2.24, 2.45) is 0 Å². The van der Waals surface area contributed by atoms with Gasteiger partial charge < -0.3 is 10.8 Å². The van der Waals surface area contributed by atoms with E-state index in [0.29, 0.717) is 5.69 Å². The van der Waals surface area contributed by atoms with Gasteiger partial charge in [0.15, 0.2) is 0 Å². The predicted octanol–water partition coefficient (Wildman–Crippen LogP) is 0.855. The maximum Gasteiger partial charge on any atom is 0.310 e. The van der Waals surface area contributed by atoms with Crippen LogP contribution in [0.3, 0.4) is 0 Å². The molecule has 0 aliphatic heterocycles. The Morgan fingerprint density at radius 3 is 2.29 bits per heavy atom. The van der Waals surface area contributed by atoms with Crippen LogP contribution in [0.25, 0.3) is 0 Å². The van der Waals surface area contributed by atoms with Crippen molar-refractivity contribution in [1.29, 1.82) is 0 Å². The van der Waals surface area contributed by atoms with E-state index < -0.39 is 12.4 Å². The molecule has 0 saturated heterocycles. The Morgan fingerprint density at radius 1 is 1.21 bits per heavy atom. The number of Topliss-reactive ketones (excluding diaryl/α,β-unsaturated/α-hetero) is 1. The number of hydrogen-bond acceptors (Lipinski definition) is 3. The molecule has 0 spiro atoms. The lowest BCUT2D eigenvalue weighted by Gasteiger charge is -1.99. The highest BCUT2D eigenvalue weighted by molar-refractivity contribution is 5.95. The van der Waals surface area contributed by atoms with Crippen LogP contribution < -0.4 is 5.73 Å². The van der Waals surface area contributed by atoms with Crippen LogP contribution in [0.1, 0.15) is 12.0 Å². The number of nitrogen functional groups attached to an aromatic ring is 1. The van der Waals surface area contributed by atoms with Crippen LogP contribution in [0.5, 0.6) is 0 Å². The smallest absolute Gasteiger partial charge is 0.310 e. The molecular weight excluding hydrogens is 182 g/mol. The maximum atomic E-state index is 11.1. The summed E-state index contributed by atoms with van der Waals surface area (Å²) in [5, 5.41) is 8.37. The summed E-state index contributed by atoms with van der Waals surface area (Å²) in [6, 6.07) is 6.80. The highest BCUT2D eigenvalue weighted by Gasteiger charge is 2.08. The van der Waals surface area contributed by atoms with Gasteiger partial charge in [-0.05, 0) is 17.7 Å². The molecule has 0 fully saturated rings. The van der Waals surface area contributed by atoms with Gasteiger partial charge in [-0.2, -0.15) is 0 Å². The van der Waals surface area contributed by atoms with Gasteiger partial charge in [0.05, 0.1) is 0 Å². The van der Waals surface area contributed by atoms with E-state index in [0.717, 1.165) is 5.56 Å². The first kappa shape index (κ1) is 10.2. The minimum absolute atomic E-state index is 0.145. The first-order valence-electron chi connectivity index (χ1n) is 4.16. The fraction of sp³-hybridized carbons (Fsp3) is 0.200. The molecule has 0 amide bonds. The molecule has 0 aliphatic carbocycles. The molecule has 4 heteroatoms. The number of benzene rings is 1. The number of carbonyl (C=O) groups excluding carboxylic acids is 1. The van der Waals surface area contributed by atoms with E-state index in [1.165, 1.54) is 0 Å². The molecule has 0 aromatic heterocycles. The minimum Gasteiger partial charge on any atom is -0.481 e. The van der Waals surface area contributed by atoms with Gasteiger partial charge in [-0.3, -0.25) is 9.59 Å². The largest absolute Gasteiger partial charge is 0.481 e. The highest BCUT2D eigenvalue weighted by Crippen LogP contribution is 2.07. The van der Waals surface area contributed by atoms with Crippen LogP contribution in [-0.4, -0.2) is 16.9 Å². The lowest BCUT2D eigenvalue weighted by atomic mass is 10.1. The van der Waals surface area contributed by atoms with E-state index in [1.54, 1.807) is 24.3 Å². The number of rotatable bonds is 4. The average molecular weight is 193 g/mol. The zero-order valence-electron chi connectivity index (χ0n) is 7.56. The van der Waals surface area contributed by atoms with E-state index in [1.807, 2.05) is 0 Å². The molecule has 0 unspecified atom stereocenters. The van der Waals surface area contributed by atoms with Gasteiger partial charge in [0.1, 0.15) is 12.2 Å². The average Bonchev–Trinajstić information content (AvgIpc) is 2.07.